The molecule has 2 N–H and O–H groups in total. The molecule has 1 heterocycles. The molecule has 1 fully saturated rings. The topological polar surface area (TPSA) is 89.7 Å². The third-order valence-electron chi connectivity index (χ3n) is 3.55. The maximum absolute atomic E-state index is 12.4. The number of amides is 1. The number of hydrogen-bond donors (Lipinski definition) is 1. The molecule has 0 bridgehead atoms. The average Bonchev–Trinajstić information content (AvgIpc) is 2.46. The van der Waals surface area contributed by atoms with Gasteiger partial charge < -0.3 is 9.64 Å². The molecule has 1 aromatic rings. The van der Waals surface area contributed by atoms with Gasteiger partial charge in [0, 0.05) is 25.8 Å². The predicted molar refractivity (Wildman–Crippen MR) is 78.8 cm³/mol. The van der Waals surface area contributed by atoms with Crippen LogP contribution in [0.3, 0.4) is 0 Å². The number of primary sulfonamides is 1. The standard InChI is InChI=1S/C13H17ClN2O4S/c1-20-10-4-6-16(7-5-10)13(17)9-2-3-11(14)12(8-9)21(15,18)19/h2-3,8,10H,4-7H2,1H3,(H2,15,18,19). The van der Waals surface area contributed by atoms with Crippen molar-refractivity contribution in [3.05, 3.63) is 28.8 Å². The van der Waals surface area contributed by atoms with E-state index in [0.29, 0.717) is 13.1 Å². The van der Waals surface area contributed by atoms with E-state index in [2.05, 4.69) is 0 Å². The van der Waals surface area contributed by atoms with Crippen molar-refractivity contribution in [3.63, 3.8) is 0 Å². The van der Waals surface area contributed by atoms with E-state index in [1.807, 2.05) is 0 Å². The van der Waals surface area contributed by atoms with E-state index in [1.165, 1.54) is 18.2 Å². The van der Waals surface area contributed by atoms with Gasteiger partial charge in [0.1, 0.15) is 4.90 Å². The van der Waals surface area contributed by atoms with Crippen LogP contribution in [0.1, 0.15) is 23.2 Å². The summed E-state index contributed by atoms with van der Waals surface area (Å²) in [6, 6.07) is 4.10. The van der Waals surface area contributed by atoms with Crippen LogP contribution in [-0.4, -0.2) is 45.5 Å². The van der Waals surface area contributed by atoms with Crippen LogP contribution < -0.4 is 5.14 Å². The van der Waals surface area contributed by atoms with Crippen LogP contribution in [0.4, 0.5) is 0 Å². The van der Waals surface area contributed by atoms with Gasteiger partial charge in [-0.2, -0.15) is 0 Å². The number of likely N-dealkylation sites (tertiary alicyclic amines) is 1. The van der Waals surface area contributed by atoms with Gasteiger partial charge in [-0.3, -0.25) is 4.79 Å². The summed E-state index contributed by atoms with van der Waals surface area (Å²) < 4.78 is 28.1. The first-order chi connectivity index (χ1) is 9.82. The highest BCUT2D eigenvalue weighted by Crippen LogP contribution is 2.23. The zero-order valence-corrected chi connectivity index (χ0v) is 13.2. The molecule has 0 aliphatic carbocycles. The van der Waals surface area contributed by atoms with Crippen molar-refractivity contribution in [1.82, 2.24) is 4.90 Å². The van der Waals surface area contributed by atoms with Crippen LogP contribution in [0.2, 0.25) is 5.02 Å². The Balaban J connectivity index is 2.21. The Labute approximate surface area is 128 Å². The Kier molecular flexibility index (Phi) is 4.88. The fraction of sp³-hybridized carbons (Fsp3) is 0.462. The number of rotatable bonds is 3. The van der Waals surface area contributed by atoms with E-state index in [9.17, 15) is 13.2 Å². The molecule has 1 amide bonds. The summed E-state index contributed by atoms with van der Waals surface area (Å²) in [5.41, 5.74) is 0.263. The second-order valence-corrected chi connectivity index (χ2v) is 6.85. The zero-order valence-electron chi connectivity index (χ0n) is 11.6. The predicted octanol–water partition coefficient (Wildman–Crippen LogP) is 1.24. The molecule has 6 nitrogen and oxygen atoms in total. The summed E-state index contributed by atoms with van der Waals surface area (Å²) in [5.74, 6) is -0.230. The minimum atomic E-state index is -3.96. The monoisotopic (exact) mass is 332 g/mol. The molecule has 2 rings (SSSR count). The number of nitrogens with two attached hydrogens (primary N) is 1. The minimum absolute atomic E-state index is 0.00661. The SMILES string of the molecule is COC1CCN(C(=O)c2ccc(Cl)c(S(N)(=O)=O)c2)CC1. The fourth-order valence-corrected chi connectivity index (χ4v) is 3.40. The number of halogens is 1. The minimum Gasteiger partial charge on any atom is -0.381 e. The van der Waals surface area contributed by atoms with Gasteiger partial charge >= 0.3 is 0 Å². The van der Waals surface area contributed by atoms with Crippen LogP contribution in [0.25, 0.3) is 0 Å². The Bertz CT molecular complexity index is 640. The van der Waals surface area contributed by atoms with Crippen molar-refractivity contribution >= 4 is 27.5 Å². The molecule has 1 saturated heterocycles. The summed E-state index contributed by atoms with van der Waals surface area (Å²) >= 11 is 5.81. The van der Waals surface area contributed by atoms with E-state index in [-0.39, 0.29) is 27.5 Å². The highest BCUT2D eigenvalue weighted by Gasteiger charge is 2.24. The van der Waals surface area contributed by atoms with E-state index in [1.54, 1.807) is 12.0 Å². The van der Waals surface area contributed by atoms with Gasteiger partial charge in [-0.15, -0.1) is 0 Å². The molecule has 0 aromatic heterocycles. The number of carbonyl (C=O) groups is 1. The van der Waals surface area contributed by atoms with Crippen LogP contribution in [0, 0.1) is 0 Å². The lowest BCUT2D eigenvalue weighted by Gasteiger charge is -2.31. The molecule has 0 spiro atoms. The first kappa shape index (κ1) is 16.2. The summed E-state index contributed by atoms with van der Waals surface area (Å²) in [6.07, 6.45) is 1.69. The zero-order chi connectivity index (χ0) is 15.6. The van der Waals surface area contributed by atoms with Gasteiger partial charge in [0.25, 0.3) is 5.91 Å². The van der Waals surface area contributed by atoms with Gasteiger partial charge in [0.15, 0.2) is 0 Å². The number of piperidine rings is 1. The third kappa shape index (κ3) is 3.74. The lowest BCUT2D eigenvalue weighted by Crippen LogP contribution is -2.40. The lowest BCUT2D eigenvalue weighted by molar-refractivity contribution is 0.0350. The Morgan fingerprint density at radius 2 is 2.00 bits per heavy atom. The number of carbonyl (C=O) groups excluding carboxylic acids is 1. The van der Waals surface area contributed by atoms with Crippen LogP contribution in [0.15, 0.2) is 23.1 Å². The summed E-state index contributed by atoms with van der Waals surface area (Å²) in [5, 5.41) is 5.09. The normalized spacial score (nSPS) is 17.0. The molecule has 8 heteroatoms. The van der Waals surface area contributed by atoms with Crippen LogP contribution >= 0.6 is 11.6 Å². The van der Waals surface area contributed by atoms with Crippen molar-refractivity contribution in [2.24, 2.45) is 5.14 Å². The number of sulfonamides is 1. The maximum Gasteiger partial charge on any atom is 0.253 e. The summed E-state index contributed by atoms with van der Waals surface area (Å²) in [6.45, 7) is 1.15. The van der Waals surface area contributed by atoms with Crippen molar-refractivity contribution in [1.29, 1.82) is 0 Å². The van der Waals surface area contributed by atoms with Gasteiger partial charge in [0.2, 0.25) is 10.0 Å². The smallest absolute Gasteiger partial charge is 0.253 e. The Hall–Kier alpha value is -1.15. The highest BCUT2D eigenvalue weighted by molar-refractivity contribution is 7.89. The molecule has 0 atom stereocenters. The van der Waals surface area contributed by atoms with E-state index in [0.717, 1.165) is 12.8 Å². The molecule has 1 aromatic carbocycles. The molecular weight excluding hydrogens is 316 g/mol. The number of methoxy groups -OCH3 is 1. The molecule has 116 valence electrons. The number of nitrogens with zero attached hydrogens (tertiary/aromatic N) is 1. The van der Waals surface area contributed by atoms with Crippen molar-refractivity contribution < 1.29 is 17.9 Å². The second-order valence-electron chi connectivity index (χ2n) is 4.92. The van der Waals surface area contributed by atoms with Gasteiger partial charge in [-0.1, -0.05) is 11.6 Å². The maximum atomic E-state index is 12.4. The fourth-order valence-electron chi connectivity index (χ4n) is 2.33. The molecule has 0 saturated carbocycles. The van der Waals surface area contributed by atoms with Gasteiger partial charge in [-0.25, -0.2) is 13.6 Å². The first-order valence-corrected chi connectivity index (χ1v) is 8.40. The molecule has 0 unspecified atom stereocenters. The van der Waals surface area contributed by atoms with E-state index in [4.69, 9.17) is 21.5 Å². The van der Waals surface area contributed by atoms with Crippen molar-refractivity contribution in [3.8, 4) is 0 Å². The number of hydrogen-bond acceptors (Lipinski definition) is 4. The number of benzene rings is 1. The Morgan fingerprint density at radius 3 is 2.52 bits per heavy atom. The van der Waals surface area contributed by atoms with Crippen LogP contribution in [-0.2, 0) is 14.8 Å². The molecule has 1 aliphatic heterocycles. The lowest BCUT2D eigenvalue weighted by atomic mass is 10.1. The first-order valence-electron chi connectivity index (χ1n) is 6.47. The largest absolute Gasteiger partial charge is 0.381 e. The third-order valence-corrected chi connectivity index (χ3v) is 4.94. The van der Waals surface area contributed by atoms with Gasteiger partial charge in [0.05, 0.1) is 11.1 Å². The second kappa shape index (κ2) is 6.31. The van der Waals surface area contributed by atoms with E-state index >= 15 is 0 Å². The van der Waals surface area contributed by atoms with E-state index < -0.39 is 10.0 Å². The number of ether oxygens (including phenoxy) is 1. The molecule has 21 heavy (non-hydrogen) atoms. The molecule has 1 aliphatic rings. The summed E-state index contributed by atoms with van der Waals surface area (Å²) in [4.78, 5) is 13.8. The average molecular weight is 333 g/mol. The van der Waals surface area contributed by atoms with Crippen molar-refractivity contribution in [2.75, 3.05) is 20.2 Å². The quantitative estimate of drug-likeness (QED) is 0.901. The summed E-state index contributed by atoms with van der Waals surface area (Å²) in [7, 11) is -2.30. The highest BCUT2D eigenvalue weighted by atomic mass is 35.5. The molecule has 0 radical (unpaired) electrons. The molecular formula is C13H17ClN2O4S. The van der Waals surface area contributed by atoms with Gasteiger partial charge in [-0.05, 0) is 31.0 Å². The van der Waals surface area contributed by atoms with Crippen LogP contribution in [0.5, 0.6) is 0 Å². The Morgan fingerprint density at radius 1 is 1.38 bits per heavy atom. The van der Waals surface area contributed by atoms with Crippen molar-refractivity contribution in [2.45, 2.75) is 23.8 Å².